The molecule has 0 spiro atoms. The Kier molecular flexibility index (Phi) is 7.21. The number of nitrogens with one attached hydrogen (secondary N) is 1. The number of nitrogens with two attached hydrogens (primary N) is 1. The van der Waals surface area contributed by atoms with E-state index in [1.165, 1.54) is 16.7 Å². The van der Waals surface area contributed by atoms with E-state index in [2.05, 4.69) is 19.6 Å². The third kappa shape index (κ3) is 4.54. The van der Waals surface area contributed by atoms with Gasteiger partial charge < -0.3 is 15.9 Å². The Labute approximate surface area is 223 Å². The van der Waals surface area contributed by atoms with E-state index in [9.17, 15) is 19.8 Å². The number of aliphatic carboxylic acids is 1. The summed E-state index contributed by atoms with van der Waals surface area (Å²) in [6.07, 6.45) is 7.35. The topological polar surface area (TPSA) is 165 Å². The van der Waals surface area contributed by atoms with Gasteiger partial charge in [-0.1, -0.05) is 6.08 Å². The van der Waals surface area contributed by atoms with E-state index in [1.807, 2.05) is 35.2 Å². The molecule has 5 heterocycles. The van der Waals surface area contributed by atoms with Crippen molar-refractivity contribution in [2.75, 3.05) is 5.75 Å². The van der Waals surface area contributed by atoms with E-state index in [-0.39, 0.29) is 51.7 Å². The molecule has 2 aliphatic heterocycles. The first-order chi connectivity index (χ1) is 15.9. The molecule has 2 atom stereocenters. The number of aromatic amines is 1. The van der Waals surface area contributed by atoms with Crippen LogP contribution in [0.2, 0.25) is 0 Å². The number of nitrogens with zero attached hydrogens (tertiary/aromatic N) is 5. The summed E-state index contributed by atoms with van der Waals surface area (Å²) >= 11 is 2.26. The Morgan fingerprint density at radius 3 is 2.85 bits per heavy atom. The monoisotopic (exact) mass is 506 g/mol. The fraction of sp³-hybridized carbons (Fsp3) is 0.200. The average molecular weight is 507 g/mol. The van der Waals surface area contributed by atoms with Gasteiger partial charge in [0.15, 0.2) is 24.8 Å². The zero-order chi connectivity index (χ0) is 23.1. The molecule has 1 amide bonds. The molecule has 2 aliphatic rings. The van der Waals surface area contributed by atoms with Gasteiger partial charge >= 0.3 is 35.5 Å². The zero-order valence-electron chi connectivity index (χ0n) is 17.9. The summed E-state index contributed by atoms with van der Waals surface area (Å²) in [6, 6.07) is 4.92. The Bertz CT molecular complexity index is 1300. The predicted octanol–water partition coefficient (Wildman–Crippen LogP) is -2.90. The molecule has 0 bridgehead atoms. The van der Waals surface area contributed by atoms with Crippen molar-refractivity contribution in [3.05, 3.63) is 54.0 Å². The second-order valence-electron chi connectivity index (χ2n) is 7.35. The molecule has 0 aromatic carbocycles. The summed E-state index contributed by atoms with van der Waals surface area (Å²) in [5, 5.41) is 27.2. The second-order valence-corrected chi connectivity index (χ2v) is 9.17. The summed E-state index contributed by atoms with van der Waals surface area (Å²) in [6.45, 7) is 0.513. The summed E-state index contributed by atoms with van der Waals surface area (Å²) in [5.74, 6) is -0.687. The summed E-state index contributed by atoms with van der Waals surface area (Å²) in [4.78, 5) is 28.8. The van der Waals surface area contributed by atoms with E-state index in [1.54, 1.807) is 12.1 Å². The molecular formula is C20H17N7NaO4S2+. The Hall–Kier alpha value is -2.55. The van der Waals surface area contributed by atoms with Crippen LogP contribution in [0.15, 0.2) is 54.0 Å². The number of carbonyl (C=O) groups excluding carboxylic acids is 1. The number of carbonyl (C=O) groups is 2. The second kappa shape index (κ2) is 9.98. The van der Waals surface area contributed by atoms with Crippen molar-refractivity contribution in [1.82, 2.24) is 24.5 Å². The van der Waals surface area contributed by atoms with Gasteiger partial charge in [0.05, 0.1) is 10.9 Å². The minimum absolute atomic E-state index is 0. The third-order valence-electron chi connectivity index (χ3n) is 5.29. The number of hydrogen-bond acceptors (Lipinski definition) is 9. The van der Waals surface area contributed by atoms with Crippen LogP contribution in [0.3, 0.4) is 0 Å². The van der Waals surface area contributed by atoms with E-state index in [0.717, 1.165) is 17.1 Å². The molecule has 1 saturated heterocycles. The number of fused-ring (bicyclic) bond motifs is 1. The first-order valence-corrected chi connectivity index (χ1v) is 11.6. The molecule has 0 radical (unpaired) electrons. The van der Waals surface area contributed by atoms with Crippen molar-refractivity contribution in [1.29, 1.82) is 0 Å². The van der Waals surface area contributed by atoms with Crippen LogP contribution in [0, 0.1) is 0 Å². The molecule has 1 unspecified atom stereocenters. The number of β-lactam (4-membered cyclic amide) rings is 1. The van der Waals surface area contributed by atoms with Crippen molar-refractivity contribution in [3.63, 3.8) is 0 Å². The predicted molar refractivity (Wildman–Crippen MR) is 117 cm³/mol. The van der Waals surface area contributed by atoms with E-state index < -0.39 is 12.0 Å². The van der Waals surface area contributed by atoms with Crippen LogP contribution in [0.1, 0.15) is 0 Å². The molecule has 0 aliphatic carbocycles. The molecule has 3 aromatic rings. The SMILES string of the molecule is NC1C(=O)N2C(C(=O)O)=C(/C=C/C[n+]3ccc(-c4cc(-c5nsc([O-])n5)[nH]n4)cc3)CS[C@H]12.[Na+]. The minimum atomic E-state index is -1.13. The van der Waals surface area contributed by atoms with Crippen molar-refractivity contribution in [2.45, 2.75) is 18.0 Å². The summed E-state index contributed by atoms with van der Waals surface area (Å²) < 4.78 is 5.90. The first kappa shape index (κ1) is 24.6. The fourth-order valence-electron chi connectivity index (χ4n) is 3.64. The number of allylic oxidation sites excluding steroid dienone is 2. The Morgan fingerprint density at radius 1 is 1.41 bits per heavy atom. The quantitative estimate of drug-likeness (QED) is 0.181. The van der Waals surface area contributed by atoms with Crippen molar-refractivity contribution in [3.8, 4) is 28.0 Å². The summed E-state index contributed by atoms with van der Waals surface area (Å²) in [5.41, 5.74) is 8.50. The van der Waals surface area contributed by atoms with Crippen LogP contribution < -0.4 is 45.0 Å². The van der Waals surface area contributed by atoms with Crippen molar-refractivity contribution < 1.29 is 53.9 Å². The number of rotatable bonds is 6. The number of pyridine rings is 1. The Morgan fingerprint density at radius 2 is 2.18 bits per heavy atom. The number of carboxylic acids is 1. The molecule has 34 heavy (non-hydrogen) atoms. The largest absolute Gasteiger partial charge is 1.00 e. The van der Waals surface area contributed by atoms with Crippen LogP contribution in [0.4, 0.5) is 0 Å². The smallest absolute Gasteiger partial charge is 0.850 e. The van der Waals surface area contributed by atoms with E-state index in [0.29, 0.717) is 35.1 Å². The molecule has 14 heteroatoms. The molecule has 4 N–H and O–H groups in total. The van der Waals surface area contributed by atoms with Gasteiger partial charge in [-0.05, 0) is 29.2 Å². The maximum atomic E-state index is 12.0. The van der Waals surface area contributed by atoms with Gasteiger partial charge in [-0.15, -0.1) is 11.8 Å². The van der Waals surface area contributed by atoms with Crippen LogP contribution in [-0.4, -0.2) is 58.6 Å². The molecule has 0 saturated carbocycles. The number of H-pyrrole nitrogens is 1. The van der Waals surface area contributed by atoms with Gasteiger partial charge in [-0.25, -0.2) is 14.3 Å². The molecule has 1 fully saturated rings. The molecule has 3 aromatic heterocycles. The number of amides is 1. The number of carboxylic acid groups (broad SMARTS) is 1. The van der Waals surface area contributed by atoms with Gasteiger partial charge in [0, 0.05) is 23.4 Å². The number of thioether (sulfide) groups is 1. The van der Waals surface area contributed by atoms with Gasteiger partial charge in [0.25, 0.3) is 0 Å². The fourth-order valence-corrected chi connectivity index (χ4v) is 5.33. The van der Waals surface area contributed by atoms with E-state index >= 15 is 0 Å². The molecule has 168 valence electrons. The maximum Gasteiger partial charge on any atom is 1.00 e. The molecule has 11 nitrogen and oxygen atoms in total. The maximum absolute atomic E-state index is 12.0. The minimum Gasteiger partial charge on any atom is -0.850 e. The van der Waals surface area contributed by atoms with Gasteiger partial charge in [-0.2, -0.15) is 9.47 Å². The number of aromatic nitrogens is 5. The zero-order valence-corrected chi connectivity index (χ0v) is 21.5. The van der Waals surface area contributed by atoms with Gasteiger partial charge in [0.1, 0.15) is 22.8 Å². The van der Waals surface area contributed by atoms with Gasteiger partial charge in [-0.3, -0.25) is 14.8 Å². The summed E-state index contributed by atoms with van der Waals surface area (Å²) in [7, 11) is 0. The van der Waals surface area contributed by atoms with Crippen LogP contribution in [0.5, 0.6) is 5.19 Å². The van der Waals surface area contributed by atoms with Crippen molar-refractivity contribution in [2.24, 2.45) is 5.73 Å². The number of hydrogen-bond donors (Lipinski definition) is 3. The molecule has 5 rings (SSSR count). The van der Waals surface area contributed by atoms with Crippen LogP contribution >= 0.6 is 23.3 Å². The van der Waals surface area contributed by atoms with Crippen molar-refractivity contribution >= 4 is 35.2 Å². The average Bonchev–Trinajstić information content (AvgIpc) is 3.47. The normalized spacial score (nSPS) is 19.7. The van der Waals surface area contributed by atoms with Crippen LogP contribution in [-0.2, 0) is 16.1 Å². The van der Waals surface area contributed by atoms with Crippen LogP contribution in [0.25, 0.3) is 22.8 Å². The first-order valence-electron chi connectivity index (χ1n) is 9.81. The third-order valence-corrected chi connectivity index (χ3v) is 7.12. The molecular weight excluding hydrogens is 489 g/mol. The Balaban J connectivity index is 0.00000274. The van der Waals surface area contributed by atoms with E-state index in [4.69, 9.17) is 5.73 Å². The van der Waals surface area contributed by atoms with Gasteiger partial charge in [0.2, 0.25) is 5.91 Å². The standard InChI is InChI=1S/C20H17N7O4S2.Na/c21-14-17(28)27-15(19(29)30)11(9-32-18(14)27)2-1-5-26-6-3-10(4-7-26)12-8-13(24-23-12)16-22-20(31)33-25-16;/h1-4,6-8,14,18H,5,9,21H2,(H2,22,25,29,30,31);/q;+1/b2-1+;/t14?,18-;/m1./s1.